The maximum atomic E-state index is 13.1. The molecule has 0 aliphatic rings. The lowest BCUT2D eigenvalue weighted by atomic mass is 10.1. The maximum Gasteiger partial charge on any atom is 0.413 e. The molecule has 1 aromatic heterocycles. The number of aryl methyl sites for hydroxylation is 2. The van der Waals surface area contributed by atoms with Gasteiger partial charge in [0.05, 0.1) is 11.4 Å². The molecule has 3 N–H and O–H groups in total. The number of aliphatic carboxylic acids is 1. The van der Waals surface area contributed by atoms with Crippen molar-refractivity contribution in [2.45, 2.75) is 26.4 Å². The molecule has 4 aromatic rings. The standard InChI is InChI=1S/C27H25N5O5/c1-18-30-32(27(36)31(18)22-12-7-19(8-13-22)9-16-24(33)34)23-14-10-21(11-15-23)25(28)29-26(35)37-17-20-5-3-2-4-6-20/h2-8,10-15H,9,16-17H2,1H3,(H,33,34)(H2,28,29,35). The van der Waals surface area contributed by atoms with Gasteiger partial charge in [0.2, 0.25) is 0 Å². The van der Waals surface area contributed by atoms with E-state index in [4.69, 9.17) is 15.3 Å². The minimum atomic E-state index is -0.864. The number of carbonyl (C=O) groups is 2. The Morgan fingerprint density at radius 1 is 0.946 bits per heavy atom. The Kier molecular flexibility index (Phi) is 7.58. The second kappa shape index (κ2) is 11.2. The molecule has 0 unspecified atom stereocenters. The number of benzene rings is 3. The van der Waals surface area contributed by atoms with E-state index in [9.17, 15) is 14.4 Å². The molecule has 3 aromatic carbocycles. The summed E-state index contributed by atoms with van der Waals surface area (Å²) in [5.41, 5.74) is 2.86. The van der Waals surface area contributed by atoms with Crippen LogP contribution in [0, 0.1) is 12.3 Å². The summed E-state index contributed by atoms with van der Waals surface area (Å²) in [5, 5.41) is 23.7. The van der Waals surface area contributed by atoms with Crippen molar-refractivity contribution in [2.24, 2.45) is 0 Å². The molecule has 10 nitrogen and oxygen atoms in total. The topological polar surface area (TPSA) is 139 Å². The second-order valence-electron chi connectivity index (χ2n) is 8.25. The van der Waals surface area contributed by atoms with Crippen molar-refractivity contribution in [3.8, 4) is 11.4 Å². The van der Waals surface area contributed by atoms with Crippen LogP contribution in [0.1, 0.15) is 28.9 Å². The predicted molar refractivity (Wildman–Crippen MR) is 136 cm³/mol. The summed E-state index contributed by atoms with van der Waals surface area (Å²) in [4.78, 5) is 35.9. The molecule has 1 amide bonds. The highest BCUT2D eigenvalue weighted by molar-refractivity contribution is 6.04. The minimum Gasteiger partial charge on any atom is -0.481 e. The van der Waals surface area contributed by atoms with Crippen LogP contribution in [0.5, 0.6) is 0 Å². The molecular weight excluding hydrogens is 474 g/mol. The van der Waals surface area contributed by atoms with Gasteiger partial charge in [-0.3, -0.25) is 15.5 Å². The molecular formula is C27H25N5O5. The van der Waals surface area contributed by atoms with Gasteiger partial charge in [-0.15, -0.1) is 5.10 Å². The number of carboxylic acid groups (broad SMARTS) is 1. The minimum absolute atomic E-state index is 0.0358. The molecule has 10 heteroatoms. The van der Waals surface area contributed by atoms with E-state index in [-0.39, 0.29) is 24.6 Å². The molecule has 0 saturated carbocycles. The fourth-order valence-electron chi connectivity index (χ4n) is 3.70. The van der Waals surface area contributed by atoms with E-state index in [1.165, 1.54) is 9.25 Å². The fraction of sp³-hybridized carbons (Fsp3) is 0.148. The van der Waals surface area contributed by atoms with Crippen molar-refractivity contribution in [1.82, 2.24) is 19.7 Å². The van der Waals surface area contributed by atoms with Crippen LogP contribution in [0.3, 0.4) is 0 Å². The predicted octanol–water partition coefficient (Wildman–Crippen LogP) is 3.60. The number of aromatic nitrogens is 3. The van der Waals surface area contributed by atoms with E-state index in [1.54, 1.807) is 55.5 Å². The highest BCUT2D eigenvalue weighted by Crippen LogP contribution is 2.13. The van der Waals surface area contributed by atoms with Crippen LogP contribution in [0.15, 0.2) is 83.7 Å². The third-order valence-corrected chi connectivity index (χ3v) is 5.60. The van der Waals surface area contributed by atoms with Gasteiger partial charge in [0.25, 0.3) is 0 Å². The lowest BCUT2D eigenvalue weighted by Gasteiger charge is -2.09. The zero-order valence-corrected chi connectivity index (χ0v) is 20.0. The quantitative estimate of drug-likeness (QED) is 0.250. The highest BCUT2D eigenvalue weighted by Gasteiger charge is 2.14. The number of ether oxygens (including phenoxy) is 1. The first-order chi connectivity index (χ1) is 17.8. The number of hydrogen-bond acceptors (Lipinski definition) is 6. The van der Waals surface area contributed by atoms with Crippen molar-refractivity contribution >= 4 is 17.9 Å². The zero-order chi connectivity index (χ0) is 26.4. The van der Waals surface area contributed by atoms with Gasteiger partial charge in [0.1, 0.15) is 18.3 Å². The molecule has 0 fully saturated rings. The largest absolute Gasteiger partial charge is 0.481 e. The number of carbonyl (C=O) groups excluding carboxylic acids is 1. The van der Waals surface area contributed by atoms with Crippen molar-refractivity contribution in [2.75, 3.05) is 0 Å². The number of nitrogens with one attached hydrogen (secondary N) is 2. The van der Waals surface area contributed by atoms with Gasteiger partial charge in [-0.1, -0.05) is 42.5 Å². The molecule has 37 heavy (non-hydrogen) atoms. The summed E-state index contributed by atoms with van der Waals surface area (Å²) in [5.74, 6) is -0.526. The summed E-state index contributed by atoms with van der Waals surface area (Å²) in [6.45, 7) is 1.81. The summed E-state index contributed by atoms with van der Waals surface area (Å²) < 4.78 is 7.86. The van der Waals surface area contributed by atoms with Gasteiger partial charge in [0.15, 0.2) is 0 Å². The Bertz CT molecular complexity index is 1470. The SMILES string of the molecule is Cc1nn(-c2ccc(C(=N)NC(=O)OCc3ccccc3)cc2)c(=O)n1-c1ccc(CCC(=O)O)cc1. The molecule has 0 saturated heterocycles. The van der Waals surface area contributed by atoms with Gasteiger partial charge in [-0.05, 0) is 60.9 Å². The molecule has 188 valence electrons. The van der Waals surface area contributed by atoms with Crippen LogP contribution in [0.4, 0.5) is 4.79 Å². The first kappa shape index (κ1) is 25.1. The molecule has 0 radical (unpaired) electrons. The molecule has 0 aliphatic carbocycles. The lowest BCUT2D eigenvalue weighted by Crippen LogP contribution is -2.31. The Labute approximate surface area is 212 Å². The van der Waals surface area contributed by atoms with E-state index < -0.39 is 12.1 Å². The van der Waals surface area contributed by atoms with E-state index in [0.29, 0.717) is 29.2 Å². The van der Waals surface area contributed by atoms with E-state index in [1.807, 2.05) is 30.3 Å². The Balaban J connectivity index is 1.43. The van der Waals surface area contributed by atoms with Crippen molar-refractivity contribution in [3.63, 3.8) is 0 Å². The Morgan fingerprint density at radius 2 is 1.59 bits per heavy atom. The average molecular weight is 500 g/mol. The van der Waals surface area contributed by atoms with Gasteiger partial charge >= 0.3 is 17.8 Å². The molecule has 1 heterocycles. The zero-order valence-electron chi connectivity index (χ0n) is 20.0. The number of amides is 1. The number of amidine groups is 1. The molecule has 4 rings (SSSR count). The Hall–Kier alpha value is -4.99. The molecule has 0 bridgehead atoms. The van der Waals surface area contributed by atoms with Gasteiger partial charge in [-0.2, -0.15) is 4.68 Å². The van der Waals surface area contributed by atoms with Crippen LogP contribution >= 0.6 is 0 Å². The van der Waals surface area contributed by atoms with Gasteiger partial charge in [-0.25, -0.2) is 14.2 Å². The molecule has 0 aliphatic heterocycles. The number of hydrogen-bond donors (Lipinski definition) is 3. The number of carboxylic acids is 1. The summed E-state index contributed by atoms with van der Waals surface area (Å²) in [6, 6.07) is 22.8. The van der Waals surface area contributed by atoms with Crippen molar-refractivity contribution < 1.29 is 19.4 Å². The van der Waals surface area contributed by atoms with Crippen LogP contribution in [0.25, 0.3) is 11.4 Å². The summed E-state index contributed by atoms with van der Waals surface area (Å²) >= 11 is 0. The van der Waals surface area contributed by atoms with Gasteiger partial charge in [0, 0.05) is 12.0 Å². The van der Waals surface area contributed by atoms with Crippen LogP contribution in [-0.4, -0.2) is 37.4 Å². The summed E-state index contributed by atoms with van der Waals surface area (Å²) in [6.07, 6.45) is -0.296. The van der Waals surface area contributed by atoms with Crippen LogP contribution < -0.4 is 11.0 Å². The Morgan fingerprint density at radius 3 is 2.24 bits per heavy atom. The van der Waals surface area contributed by atoms with Crippen molar-refractivity contribution in [1.29, 1.82) is 5.41 Å². The number of rotatable bonds is 8. The lowest BCUT2D eigenvalue weighted by molar-refractivity contribution is -0.136. The average Bonchev–Trinajstić information content (AvgIpc) is 3.20. The van der Waals surface area contributed by atoms with E-state index in [2.05, 4.69) is 10.4 Å². The maximum absolute atomic E-state index is 13.1. The first-order valence-electron chi connectivity index (χ1n) is 11.5. The van der Waals surface area contributed by atoms with Crippen molar-refractivity contribution in [3.05, 3.63) is 112 Å². The second-order valence-corrected chi connectivity index (χ2v) is 8.25. The molecule has 0 atom stereocenters. The molecule has 0 spiro atoms. The van der Waals surface area contributed by atoms with E-state index in [0.717, 1.165) is 11.1 Å². The fourth-order valence-corrected chi connectivity index (χ4v) is 3.70. The highest BCUT2D eigenvalue weighted by atomic mass is 16.5. The number of alkyl carbamates (subject to hydrolysis) is 1. The third kappa shape index (κ3) is 6.17. The number of nitrogens with zero attached hydrogens (tertiary/aromatic N) is 3. The monoisotopic (exact) mass is 499 g/mol. The van der Waals surface area contributed by atoms with Gasteiger partial charge < -0.3 is 9.84 Å². The van der Waals surface area contributed by atoms with Crippen LogP contribution in [0.2, 0.25) is 0 Å². The van der Waals surface area contributed by atoms with Crippen LogP contribution in [-0.2, 0) is 22.6 Å². The summed E-state index contributed by atoms with van der Waals surface area (Å²) in [7, 11) is 0. The van der Waals surface area contributed by atoms with E-state index >= 15 is 0 Å². The smallest absolute Gasteiger partial charge is 0.413 e. The normalized spacial score (nSPS) is 10.6. The third-order valence-electron chi connectivity index (χ3n) is 5.60. The first-order valence-corrected chi connectivity index (χ1v) is 11.5.